The Morgan fingerprint density at radius 1 is 1.19 bits per heavy atom. The van der Waals surface area contributed by atoms with E-state index in [-0.39, 0.29) is 23.6 Å². The van der Waals surface area contributed by atoms with Gasteiger partial charge >= 0.3 is 0 Å². The highest BCUT2D eigenvalue weighted by molar-refractivity contribution is 5.94. The Kier molecular flexibility index (Phi) is 5.06. The van der Waals surface area contributed by atoms with Crippen LogP contribution in [0.4, 0.5) is 0 Å². The molecule has 0 unspecified atom stereocenters. The van der Waals surface area contributed by atoms with Gasteiger partial charge in [0.25, 0.3) is 0 Å². The van der Waals surface area contributed by atoms with E-state index in [0.717, 1.165) is 5.56 Å². The summed E-state index contributed by atoms with van der Waals surface area (Å²) in [7, 11) is 0. The highest BCUT2D eigenvalue weighted by Crippen LogP contribution is 2.11. The maximum Gasteiger partial charge on any atom is 0.198 e. The zero-order valence-electron chi connectivity index (χ0n) is 12.2. The molecule has 2 rings (SSSR count). The summed E-state index contributed by atoms with van der Waals surface area (Å²) in [5.74, 6) is 0.344. The summed E-state index contributed by atoms with van der Waals surface area (Å²) in [5, 5.41) is 0. The molecule has 2 aromatic rings. The van der Waals surface area contributed by atoms with Gasteiger partial charge in [-0.1, -0.05) is 37.3 Å². The topological polar surface area (TPSA) is 56.5 Å². The molecule has 0 spiro atoms. The van der Waals surface area contributed by atoms with Gasteiger partial charge in [0.2, 0.25) is 0 Å². The molecule has 4 nitrogen and oxygen atoms in total. The van der Waals surface area contributed by atoms with Crippen molar-refractivity contribution in [3.05, 3.63) is 69.3 Å². The molecule has 0 atom stereocenters. The average Bonchev–Trinajstić information content (AvgIpc) is 2.51. The van der Waals surface area contributed by atoms with Gasteiger partial charge < -0.3 is 9.15 Å². The van der Waals surface area contributed by atoms with Gasteiger partial charge in [-0.3, -0.25) is 9.59 Å². The monoisotopic (exact) mass is 286 g/mol. The van der Waals surface area contributed by atoms with Gasteiger partial charge in [0.15, 0.2) is 17.0 Å². The lowest BCUT2D eigenvalue weighted by atomic mass is 10.1. The molecule has 1 aromatic carbocycles. The minimum absolute atomic E-state index is 0.142. The van der Waals surface area contributed by atoms with Crippen LogP contribution in [-0.4, -0.2) is 5.78 Å². The first-order valence-electron chi connectivity index (χ1n) is 6.90. The number of hydrogen-bond donors (Lipinski definition) is 0. The lowest BCUT2D eigenvalue weighted by Crippen LogP contribution is -2.13. The van der Waals surface area contributed by atoms with Gasteiger partial charge in [-0.2, -0.15) is 0 Å². The number of ether oxygens (including phenoxy) is 1. The molecule has 0 radical (unpaired) electrons. The van der Waals surface area contributed by atoms with Crippen molar-refractivity contribution in [2.45, 2.75) is 33.5 Å². The highest BCUT2D eigenvalue weighted by Gasteiger charge is 2.14. The van der Waals surface area contributed by atoms with Gasteiger partial charge in [0, 0.05) is 18.1 Å². The molecular formula is C17H18O4. The molecule has 0 amide bonds. The van der Waals surface area contributed by atoms with Gasteiger partial charge in [0.1, 0.15) is 12.4 Å². The van der Waals surface area contributed by atoms with E-state index >= 15 is 0 Å². The lowest BCUT2D eigenvalue weighted by molar-refractivity contribution is 0.0854. The number of benzene rings is 1. The first-order chi connectivity index (χ1) is 10.1. The number of ketones is 1. The lowest BCUT2D eigenvalue weighted by Gasteiger charge is -2.07. The summed E-state index contributed by atoms with van der Waals surface area (Å²) in [6.07, 6.45) is 0.304. The Hall–Kier alpha value is -2.20. The molecule has 110 valence electrons. The summed E-state index contributed by atoms with van der Waals surface area (Å²) in [6.45, 7) is 3.92. The van der Waals surface area contributed by atoms with Crippen molar-refractivity contribution in [3.8, 4) is 0 Å². The number of rotatable bonds is 6. The molecular weight excluding hydrogens is 268 g/mol. The summed E-state index contributed by atoms with van der Waals surface area (Å²) in [6, 6.07) is 11.1. The third-order valence-electron chi connectivity index (χ3n) is 3.17. The minimum Gasteiger partial charge on any atom is -0.455 e. The molecule has 0 saturated heterocycles. The molecule has 1 heterocycles. The van der Waals surface area contributed by atoms with Crippen molar-refractivity contribution in [1.82, 2.24) is 0 Å². The predicted octanol–water partition coefficient (Wildman–Crippen LogP) is 3.26. The van der Waals surface area contributed by atoms with E-state index < -0.39 is 0 Å². The molecule has 0 fully saturated rings. The van der Waals surface area contributed by atoms with Crippen LogP contribution in [-0.2, 0) is 18.0 Å². The fraction of sp³-hybridized carbons (Fsp3) is 0.294. The predicted molar refractivity (Wildman–Crippen MR) is 79.3 cm³/mol. The van der Waals surface area contributed by atoms with E-state index in [1.807, 2.05) is 30.3 Å². The summed E-state index contributed by atoms with van der Waals surface area (Å²) in [4.78, 5) is 23.6. The average molecular weight is 286 g/mol. The second-order valence-electron chi connectivity index (χ2n) is 4.79. The Balaban J connectivity index is 2.08. The van der Waals surface area contributed by atoms with Crippen molar-refractivity contribution in [1.29, 1.82) is 0 Å². The molecule has 0 aliphatic heterocycles. The first-order valence-corrected chi connectivity index (χ1v) is 6.90. The number of Topliss-reactive ketones (excluding diaryl/α,β-unsaturated/α-hetero) is 1. The van der Waals surface area contributed by atoms with Crippen LogP contribution in [0.5, 0.6) is 0 Å². The van der Waals surface area contributed by atoms with Crippen LogP contribution in [0.15, 0.2) is 45.6 Å². The molecule has 0 aliphatic carbocycles. The number of hydrogen-bond acceptors (Lipinski definition) is 4. The molecule has 0 saturated carbocycles. The third-order valence-corrected chi connectivity index (χ3v) is 3.17. The maximum atomic E-state index is 11.8. The van der Waals surface area contributed by atoms with Crippen LogP contribution >= 0.6 is 0 Å². The van der Waals surface area contributed by atoms with Crippen molar-refractivity contribution in [3.63, 3.8) is 0 Å². The molecule has 0 bridgehead atoms. The van der Waals surface area contributed by atoms with Crippen LogP contribution in [0.3, 0.4) is 0 Å². The highest BCUT2D eigenvalue weighted by atomic mass is 16.5. The largest absolute Gasteiger partial charge is 0.455 e. The van der Waals surface area contributed by atoms with E-state index in [9.17, 15) is 9.59 Å². The molecule has 0 N–H and O–H groups in total. The minimum atomic E-state index is -0.198. The Bertz CT molecular complexity index is 671. The van der Waals surface area contributed by atoms with Crippen LogP contribution < -0.4 is 5.43 Å². The zero-order chi connectivity index (χ0) is 15.2. The van der Waals surface area contributed by atoms with Crippen molar-refractivity contribution in [2.75, 3.05) is 0 Å². The summed E-state index contributed by atoms with van der Waals surface area (Å²) >= 11 is 0. The second kappa shape index (κ2) is 6.99. The van der Waals surface area contributed by atoms with Crippen LogP contribution in [0.1, 0.15) is 40.8 Å². The third kappa shape index (κ3) is 3.89. The van der Waals surface area contributed by atoms with E-state index in [1.54, 1.807) is 13.8 Å². The van der Waals surface area contributed by atoms with Crippen molar-refractivity contribution < 1.29 is 13.9 Å². The molecule has 4 heteroatoms. The van der Waals surface area contributed by atoms with E-state index in [0.29, 0.717) is 24.4 Å². The summed E-state index contributed by atoms with van der Waals surface area (Å²) in [5.41, 5.74) is 1.20. The fourth-order valence-corrected chi connectivity index (χ4v) is 1.94. The maximum absolute atomic E-state index is 11.8. The van der Waals surface area contributed by atoms with Gasteiger partial charge in [-0.05, 0) is 12.5 Å². The Morgan fingerprint density at radius 3 is 2.57 bits per heavy atom. The number of carbonyl (C=O) groups is 1. The van der Waals surface area contributed by atoms with Crippen LogP contribution in [0.2, 0.25) is 0 Å². The quantitative estimate of drug-likeness (QED) is 0.765. The van der Waals surface area contributed by atoms with Crippen molar-refractivity contribution >= 4 is 5.78 Å². The number of carbonyl (C=O) groups excluding carboxylic acids is 1. The van der Waals surface area contributed by atoms with E-state index in [2.05, 4.69) is 0 Å². The Labute approximate surface area is 123 Å². The van der Waals surface area contributed by atoms with Gasteiger partial charge in [0.05, 0.1) is 6.61 Å². The van der Waals surface area contributed by atoms with Gasteiger partial charge in [-0.15, -0.1) is 0 Å². The second-order valence-corrected chi connectivity index (χ2v) is 4.79. The molecule has 21 heavy (non-hydrogen) atoms. The standard InChI is InChI=1S/C17H18O4/c1-3-15(18)17-12(2)16(19)9-14(21-17)11-20-10-13-7-5-4-6-8-13/h4-9H,3,10-11H2,1-2H3. The first kappa shape index (κ1) is 15.2. The van der Waals surface area contributed by atoms with Crippen LogP contribution in [0, 0.1) is 6.92 Å². The molecule has 1 aromatic heterocycles. The molecule has 0 aliphatic rings. The fourth-order valence-electron chi connectivity index (χ4n) is 1.94. The normalized spacial score (nSPS) is 10.6. The van der Waals surface area contributed by atoms with Crippen LogP contribution in [0.25, 0.3) is 0 Å². The van der Waals surface area contributed by atoms with Gasteiger partial charge in [-0.25, -0.2) is 0 Å². The SMILES string of the molecule is CCC(=O)c1oc(COCc2ccccc2)cc(=O)c1C. The van der Waals surface area contributed by atoms with E-state index in [4.69, 9.17) is 9.15 Å². The smallest absolute Gasteiger partial charge is 0.198 e. The zero-order valence-corrected chi connectivity index (χ0v) is 12.2. The Morgan fingerprint density at radius 2 is 1.90 bits per heavy atom. The summed E-state index contributed by atoms with van der Waals surface area (Å²) < 4.78 is 11.0. The van der Waals surface area contributed by atoms with E-state index in [1.165, 1.54) is 6.07 Å². The van der Waals surface area contributed by atoms with Crippen molar-refractivity contribution in [2.24, 2.45) is 0 Å².